The molecule has 0 aliphatic heterocycles. The highest BCUT2D eigenvalue weighted by Crippen LogP contribution is 2.22. The molecule has 0 fully saturated rings. The molecule has 0 saturated heterocycles. The lowest BCUT2D eigenvalue weighted by Crippen LogP contribution is -2.34. The number of nitrogens with two attached hydrogens (primary N) is 1. The molecule has 8 nitrogen and oxygen atoms in total. The molecule has 3 aromatic rings. The summed E-state index contributed by atoms with van der Waals surface area (Å²) in [7, 11) is 0. The average molecular weight is 364 g/mol. The Morgan fingerprint density at radius 2 is 1.63 bits per heavy atom. The number of nitrogens with one attached hydrogen (secondary N) is 3. The van der Waals surface area contributed by atoms with Gasteiger partial charge in [-0.1, -0.05) is 48.5 Å². The highest BCUT2D eigenvalue weighted by atomic mass is 16.5. The minimum Gasteiger partial charge on any atom is -0.484 e. The van der Waals surface area contributed by atoms with Crippen molar-refractivity contribution in [3.05, 3.63) is 72.6 Å². The van der Waals surface area contributed by atoms with Gasteiger partial charge in [-0.25, -0.2) is 9.97 Å². The normalized spacial score (nSPS) is 10.1. The van der Waals surface area contributed by atoms with Crippen LogP contribution in [0.3, 0.4) is 0 Å². The van der Waals surface area contributed by atoms with Crippen LogP contribution >= 0.6 is 0 Å². The fraction of sp³-hybridized carbons (Fsp3) is 0.105. The predicted octanol–water partition coefficient (Wildman–Crippen LogP) is 2.19. The standard InChI is InChI=1S/C19H20N6O2/c20-17-18(21-11-14-7-3-1-4-8-14)22-13-23-19(17)25-24-16(26)12-27-15-9-5-2-6-10-15/h1-10,13H,11-12,20H2,(H,24,26)(H2,21,22,23,25). The van der Waals surface area contributed by atoms with Gasteiger partial charge in [0.05, 0.1) is 0 Å². The number of nitrogen functional groups attached to an aromatic ring is 1. The molecule has 0 aliphatic carbocycles. The summed E-state index contributed by atoms with van der Waals surface area (Å²) in [6.07, 6.45) is 1.36. The van der Waals surface area contributed by atoms with Gasteiger partial charge in [0.15, 0.2) is 18.2 Å². The number of anilines is 3. The zero-order chi connectivity index (χ0) is 18.9. The van der Waals surface area contributed by atoms with E-state index in [-0.39, 0.29) is 12.5 Å². The lowest BCUT2D eigenvalue weighted by Gasteiger charge is -2.13. The number of rotatable bonds is 8. The molecule has 2 aromatic carbocycles. The number of para-hydroxylation sites is 1. The van der Waals surface area contributed by atoms with Crippen molar-refractivity contribution in [1.82, 2.24) is 15.4 Å². The quantitative estimate of drug-likeness (QED) is 0.453. The number of carbonyl (C=O) groups is 1. The second-order valence-corrected chi connectivity index (χ2v) is 5.60. The van der Waals surface area contributed by atoms with Gasteiger partial charge in [-0.15, -0.1) is 0 Å². The van der Waals surface area contributed by atoms with Crippen LogP contribution in [-0.4, -0.2) is 22.5 Å². The molecule has 0 spiro atoms. The summed E-state index contributed by atoms with van der Waals surface area (Å²) in [4.78, 5) is 20.1. The summed E-state index contributed by atoms with van der Waals surface area (Å²) < 4.78 is 5.37. The average Bonchev–Trinajstić information content (AvgIpc) is 2.72. The summed E-state index contributed by atoms with van der Waals surface area (Å²) in [6.45, 7) is 0.430. The fourth-order valence-corrected chi connectivity index (χ4v) is 2.25. The molecule has 0 saturated carbocycles. The molecule has 0 bridgehead atoms. The smallest absolute Gasteiger partial charge is 0.276 e. The predicted molar refractivity (Wildman–Crippen MR) is 104 cm³/mol. The van der Waals surface area contributed by atoms with E-state index in [0.717, 1.165) is 5.56 Å². The first-order chi connectivity index (χ1) is 13.2. The molecule has 138 valence electrons. The lowest BCUT2D eigenvalue weighted by atomic mass is 10.2. The van der Waals surface area contributed by atoms with Crippen LogP contribution in [-0.2, 0) is 11.3 Å². The van der Waals surface area contributed by atoms with Crippen molar-refractivity contribution in [3.8, 4) is 5.75 Å². The molecule has 1 amide bonds. The largest absolute Gasteiger partial charge is 0.484 e. The number of hydrazine groups is 1. The summed E-state index contributed by atoms with van der Waals surface area (Å²) in [5.74, 6) is 1.03. The zero-order valence-electron chi connectivity index (χ0n) is 14.6. The molecule has 1 aromatic heterocycles. The van der Waals surface area contributed by atoms with Crippen LogP contribution in [0.25, 0.3) is 0 Å². The van der Waals surface area contributed by atoms with Crippen molar-refractivity contribution in [2.24, 2.45) is 0 Å². The van der Waals surface area contributed by atoms with E-state index in [0.29, 0.717) is 29.6 Å². The Labute approximate surface area is 156 Å². The topological polar surface area (TPSA) is 114 Å². The maximum atomic E-state index is 11.9. The van der Waals surface area contributed by atoms with Crippen molar-refractivity contribution in [2.45, 2.75) is 6.54 Å². The number of nitrogens with zero attached hydrogens (tertiary/aromatic N) is 2. The van der Waals surface area contributed by atoms with Crippen LogP contribution in [0.2, 0.25) is 0 Å². The summed E-state index contributed by atoms with van der Waals surface area (Å²) in [5, 5.41) is 3.15. The number of carbonyl (C=O) groups excluding carboxylic acids is 1. The van der Waals surface area contributed by atoms with Gasteiger partial charge in [0, 0.05) is 6.54 Å². The van der Waals surface area contributed by atoms with Gasteiger partial charge in [-0.2, -0.15) is 0 Å². The molecular formula is C19H20N6O2. The summed E-state index contributed by atoms with van der Waals surface area (Å²) >= 11 is 0. The fourth-order valence-electron chi connectivity index (χ4n) is 2.25. The molecule has 8 heteroatoms. The van der Waals surface area contributed by atoms with Crippen molar-refractivity contribution < 1.29 is 9.53 Å². The van der Waals surface area contributed by atoms with Gasteiger partial charge in [-0.05, 0) is 17.7 Å². The molecular weight excluding hydrogens is 344 g/mol. The second-order valence-electron chi connectivity index (χ2n) is 5.60. The SMILES string of the molecule is Nc1c(NCc2ccccc2)ncnc1NNC(=O)COc1ccccc1. The molecule has 0 unspecified atom stereocenters. The van der Waals surface area contributed by atoms with E-state index in [4.69, 9.17) is 10.5 Å². The van der Waals surface area contributed by atoms with E-state index in [2.05, 4.69) is 26.1 Å². The molecule has 0 radical (unpaired) electrons. The third-order valence-corrected chi connectivity index (χ3v) is 3.62. The number of hydrogen-bond acceptors (Lipinski definition) is 7. The molecule has 27 heavy (non-hydrogen) atoms. The van der Waals surface area contributed by atoms with E-state index in [9.17, 15) is 4.79 Å². The summed E-state index contributed by atoms with van der Waals surface area (Å²) in [6, 6.07) is 18.9. The number of benzene rings is 2. The van der Waals surface area contributed by atoms with E-state index < -0.39 is 0 Å². The van der Waals surface area contributed by atoms with Crippen LogP contribution in [0.4, 0.5) is 17.3 Å². The third-order valence-electron chi connectivity index (χ3n) is 3.62. The minimum atomic E-state index is -0.365. The number of amides is 1. The first-order valence-electron chi connectivity index (χ1n) is 8.33. The van der Waals surface area contributed by atoms with Crippen molar-refractivity contribution >= 4 is 23.2 Å². The summed E-state index contributed by atoms with van der Waals surface area (Å²) in [5.41, 5.74) is 12.7. The zero-order valence-corrected chi connectivity index (χ0v) is 14.6. The molecule has 3 rings (SSSR count). The Morgan fingerprint density at radius 3 is 2.37 bits per heavy atom. The van der Waals surface area contributed by atoms with Gasteiger partial charge in [0.2, 0.25) is 0 Å². The first-order valence-corrected chi connectivity index (χ1v) is 8.33. The van der Waals surface area contributed by atoms with Crippen LogP contribution in [0, 0.1) is 0 Å². The van der Waals surface area contributed by atoms with Gasteiger partial charge >= 0.3 is 0 Å². The Hall–Kier alpha value is -3.81. The van der Waals surface area contributed by atoms with Gasteiger partial charge in [-0.3, -0.25) is 15.6 Å². The Kier molecular flexibility index (Phi) is 6.03. The van der Waals surface area contributed by atoms with Crippen LogP contribution in [0.1, 0.15) is 5.56 Å². The molecule has 0 aliphatic rings. The van der Waals surface area contributed by atoms with Crippen LogP contribution in [0.5, 0.6) is 5.75 Å². The lowest BCUT2D eigenvalue weighted by molar-refractivity contribution is -0.122. The van der Waals surface area contributed by atoms with Gasteiger partial charge < -0.3 is 15.8 Å². The van der Waals surface area contributed by atoms with Crippen molar-refractivity contribution in [2.75, 3.05) is 23.1 Å². The maximum Gasteiger partial charge on any atom is 0.276 e. The highest BCUT2D eigenvalue weighted by Gasteiger charge is 2.09. The van der Waals surface area contributed by atoms with Crippen LogP contribution in [0.15, 0.2) is 67.0 Å². The third kappa shape index (κ3) is 5.33. The Morgan fingerprint density at radius 1 is 0.963 bits per heavy atom. The maximum absolute atomic E-state index is 11.9. The van der Waals surface area contributed by atoms with Crippen molar-refractivity contribution in [3.63, 3.8) is 0 Å². The minimum absolute atomic E-state index is 0.138. The molecule has 1 heterocycles. The van der Waals surface area contributed by atoms with E-state index >= 15 is 0 Å². The number of hydrogen-bond donors (Lipinski definition) is 4. The van der Waals surface area contributed by atoms with Crippen LogP contribution < -0.4 is 26.6 Å². The monoisotopic (exact) mass is 364 g/mol. The van der Waals surface area contributed by atoms with E-state index in [1.165, 1.54) is 6.33 Å². The highest BCUT2D eigenvalue weighted by molar-refractivity contribution is 5.81. The Bertz CT molecular complexity index is 874. The second kappa shape index (κ2) is 9.04. The van der Waals surface area contributed by atoms with E-state index in [1.807, 2.05) is 48.5 Å². The van der Waals surface area contributed by atoms with Gasteiger partial charge in [0.1, 0.15) is 17.8 Å². The Balaban J connectivity index is 1.51. The van der Waals surface area contributed by atoms with Gasteiger partial charge in [0.25, 0.3) is 5.91 Å². The molecule has 5 N–H and O–H groups in total. The van der Waals surface area contributed by atoms with Crippen molar-refractivity contribution in [1.29, 1.82) is 0 Å². The molecule has 0 atom stereocenters. The van der Waals surface area contributed by atoms with E-state index in [1.54, 1.807) is 12.1 Å². The number of ether oxygens (including phenoxy) is 1. The number of aromatic nitrogens is 2. The first kappa shape index (κ1) is 18.0.